The summed E-state index contributed by atoms with van der Waals surface area (Å²) in [7, 11) is 0. The first-order valence-corrected chi connectivity index (χ1v) is 8.76. The summed E-state index contributed by atoms with van der Waals surface area (Å²) >= 11 is 0. The van der Waals surface area contributed by atoms with Gasteiger partial charge in [-0.2, -0.15) is 0 Å². The molecule has 0 aliphatic heterocycles. The Morgan fingerprint density at radius 2 is 1.96 bits per heavy atom. The molecule has 1 amide bonds. The van der Waals surface area contributed by atoms with Gasteiger partial charge >= 0.3 is 0 Å². The van der Waals surface area contributed by atoms with Crippen molar-refractivity contribution < 1.29 is 13.9 Å². The molecule has 0 aliphatic carbocycles. The van der Waals surface area contributed by atoms with Gasteiger partial charge in [0.05, 0.1) is 6.54 Å². The molecule has 0 saturated heterocycles. The van der Waals surface area contributed by atoms with E-state index in [1.54, 1.807) is 18.2 Å². The van der Waals surface area contributed by atoms with Gasteiger partial charge in [-0.1, -0.05) is 19.1 Å². The topological polar surface area (TPSA) is 74.8 Å². The van der Waals surface area contributed by atoms with Crippen LogP contribution in [0.15, 0.2) is 29.3 Å². The van der Waals surface area contributed by atoms with Crippen molar-refractivity contribution in [2.45, 2.75) is 39.7 Å². The van der Waals surface area contributed by atoms with Crippen LogP contribution in [-0.4, -0.2) is 44.1 Å². The number of ether oxygens (including phenoxy) is 1. The maximum atomic E-state index is 13.6. The molecule has 7 heteroatoms. The van der Waals surface area contributed by atoms with Gasteiger partial charge in [-0.25, -0.2) is 9.38 Å². The Bertz CT molecular complexity index is 552. The van der Waals surface area contributed by atoms with Crippen molar-refractivity contribution in [2.75, 3.05) is 26.2 Å². The lowest BCUT2D eigenvalue weighted by molar-refractivity contribution is -0.120. The molecule has 1 aromatic carbocycles. The zero-order valence-corrected chi connectivity index (χ0v) is 15.3. The van der Waals surface area contributed by atoms with Crippen LogP contribution in [-0.2, 0) is 4.79 Å². The Labute approximate surface area is 149 Å². The molecule has 140 valence electrons. The molecule has 0 aliphatic rings. The Hall–Kier alpha value is -2.31. The second kappa shape index (κ2) is 12.1. The first-order chi connectivity index (χ1) is 12.1. The average molecular weight is 352 g/mol. The Balaban J connectivity index is 2.43. The number of para-hydroxylation sites is 1. The zero-order valence-electron chi connectivity index (χ0n) is 15.3. The van der Waals surface area contributed by atoms with Crippen molar-refractivity contribution in [2.24, 2.45) is 4.99 Å². The second-order valence-corrected chi connectivity index (χ2v) is 5.61. The molecule has 0 saturated carbocycles. The summed E-state index contributed by atoms with van der Waals surface area (Å²) in [5, 5.41) is 9.04. The van der Waals surface area contributed by atoms with Crippen LogP contribution in [0.1, 0.15) is 33.6 Å². The van der Waals surface area contributed by atoms with Crippen LogP contribution in [0.5, 0.6) is 5.75 Å². The van der Waals surface area contributed by atoms with E-state index in [4.69, 9.17) is 4.74 Å². The SMILES string of the molecule is CCCNC(=O)CCNC(=NCC(C)Oc1ccccc1F)NCC. The Morgan fingerprint density at radius 1 is 1.20 bits per heavy atom. The predicted molar refractivity (Wildman–Crippen MR) is 98.4 cm³/mol. The van der Waals surface area contributed by atoms with E-state index in [0.29, 0.717) is 38.6 Å². The van der Waals surface area contributed by atoms with Crippen molar-refractivity contribution in [1.82, 2.24) is 16.0 Å². The van der Waals surface area contributed by atoms with Gasteiger partial charge in [0.1, 0.15) is 6.10 Å². The highest BCUT2D eigenvalue weighted by Crippen LogP contribution is 2.16. The molecule has 1 unspecified atom stereocenters. The van der Waals surface area contributed by atoms with Gasteiger partial charge in [0, 0.05) is 26.1 Å². The molecule has 25 heavy (non-hydrogen) atoms. The quantitative estimate of drug-likeness (QED) is 0.445. The molecule has 1 aromatic rings. The highest BCUT2D eigenvalue weighted by atomic mass is 19.1. The molecule has 1 atom stereocenters. The molecule has 3 N–H and O–H groups in total. The van der Waals surface area contributed by atoms with Crippen molar-refractivity contribution in [1.29, 1.82) is 0 Å². The number of carbonyl (C=O) groups excluding carboxylic acids is 1. The summed E-state index contributed by atoms with van der Waals surface area (Å²) < 4.78 is 19.1. The van der Waals surface area contributed by atoms with E-state index in [1.807, 2.05) is 20.8 Å². The van der Waals surface area contributed by atoms with Crippen molar-refractivity contribution in [3.8, 4) is 5.75 Å². The standard InChI is InChI=1S/C18H29FN4O2/c1-4-11-21-17(24)10-12-22-18(20-5-2)23-13-14(3)25-16-9-7-6-8-15(16)19/h6-9,14H,4-5,10-13H2,1-3H3,(H,21,24)(H2,20,22,23). The zero-order chi connectivity index (χ0) is 18.5. The number of rotatable bonds is 10. The third kappa shape index (κ3) is 8.93. The molecular formula is C18H29FN4O2. The van der Waals surface area contributed by atoms with E-state index in [9.17, 15) is 9.18 Å². The molecule has 0 fully saturated rings. The van der Waals surface area contributed by atoms with E-state index < -0.39 is 0 Å². The number of nitrogens with zero attached hydrogens (tertiary/aromatic N) is 1. The lowest BCUT2D eigenvalue weighted by Gasteiger charge is -2.15. The Kier molecular flexibility index (Phi) is 10.0. The maximum absolute atomic E-state index is 13.6. The highest BCUT2D eigenvalue weighted by molar-refractivity contribution is 5.81. The monoisotopic (exact) mass is 352 g/mol. The number of hydrogen-bond donors (Lipinski definition) is 3. The van der Waals surface area contributed by atoms with Gasteiger partial charge in [-0.3, -0.25) is 4.79 Å². The number of aliphatic imine (C=N–C) groups is 1. The Morgan fingerprint density at radius 3 is 2.64 bits per heavy atom. The lowest BCUT2D eigenvalue weighted by Crippen LogP contribution is -2.40. The van der Waals surface area contributed by atoms with Crippen LogP contribution in [0.3, 0.4) is 0 Å². The van der Waals surface area contributed by atoms with E-state index in [0.717, 1.165) is 6.42 Å². The number of amides is 1. The fourth-order valence-electron chi connectivity index (χ4n) is 2.00. The molecule has 6 nitrogen and oxygen atoms in total. The van der Waals surface area contributed by atoms with Crippen LogP contribution in [0.4, 0.5) is 4.39 Å². The molecule has 1 rings (SSSR count). The lowest BCUT2D eigenvalue weighted by atomic mass is 10.3. The fourth-order valence-corrected chi connectivity index (χ4v) is 2.00. The maximum Gasteiger partial charge on any atom is 0.221 e. The van der Waals surface area contributed by atoms with Crippen molar-refractivity contribution in [3.05, 3.63) is 30.1 Å². The smallest absolute Gasteiger partial charge is 0.221 e. The number of guanidine groups is 1. The van der Waals surface area contributed by atoms with Gasteiger partial charge < -0.3 is 20.7 Å². The predicted octanol–water partition coefficient (Wildman–Crippen LogP) is 2.06. The highest BCUT2D eigenvalue weighted by Gasteiger charge is 2.08. The molecule has 0 radical (unpaired) electrons. The first kappa shape index (κ1) is 20.7. The summed E-state index contributed by atoms with van der Waals surface area (Å²) in [6, 6.07) is 6.30. The summed E-state index contributed by atoms with van der Waals surface area (Å²) in [5.41, 5.74) is 0. The molecule has 0 bridgehead atoms. The number of carbonyl (C=O) groups is 1. The third-order valence-corrected chi connectivity index (χ3v) is 3.23. The number of nitrogens with one attached hydrogen (secondary N) is 3. The summed E-state index contributed by atoms with van der Waals surface area (Å²) in [6.07, 6.45) is 1.02. The first-order valence-electron chi connectivity index (χ1n) is 8.76. The van der Waals surface area contributed by atoms with Crippen LogP contribution in [0.2, 0.25) is 0 Å². The van der Waals surface area contributed by atoms with Crippen LogP contribution in [0, 0.1) is 5.82 Å². The number of benzene rings is 1. The molecule has 0 aromatic heterocycles. The third-order valence-electron chi connectivity index (χ3n) is 3.23. The van der Waals surface area contributed by atoms with Gasteiger partial charge in [-0.05, 0) is 32.4 Å². The number of halogens is 1. The fraction of sp³-hybridized carbons (Fsp3) is 0.556. The van der Waals surface area contributed by atoms with Crippen molar-refractivity contribution in [3.63, 3.8) is 0 Å². The van der Waals surface area contributed by atoms with E-state index >= 15 is 0 Å². The van der Waals surface area contributed by atoms with Gasteiger partial charge in [0.15, 0.2) is 17.5 Å². The van der Waals surface area contributed by atoms with Gasteiger partial charge in [0.25, 0.3) is 0 Å². The van der Waals surface area contributed by atoms with Crippen LogP contribution >= 0.6 is 0 Å². The summed E-state index contributed by atoms with van der Waals surface area (Å²) in [5.74, 6) is 0.452. The van der Waals surface area contributed by atoms with Crippen molar-refractivity contribution >= 4 is 11.9 Å². The molecular weight excluding hydrogens is 323 g/mol. The van der Waals surface area contributed by atoms with Crippen LogP contribution < -0.4 is 20.7 Å². The minimum atomic E-state index is -0.388. The number of hydrogen-bond acceptors (Lipinski definition) is 3. The van der Waals surface area contributed by atoms with Gasteiger partial charge in [0.2, 0.25) is 5.91 Å². The summed E-state index contributed by atoms with van der Waals surface area (Å²) in [4.78, 5) is 16.0. The van der Waals surface area contributed by atoms with E-state index in [-0.39, 0.29) is 23.6 Å². The normalized spacial score (nSPS) is 12.4. The van der Waals surface area contributed by atoms with E-state index in [1.165, 1.54) is 6.07 Å². The molecule has 0 heterocycles. The largest absolute Gasteiger partial charge is 0.486 e. The minimum Gasteiger partial charge on any atom is -0.486 e. The summed E-state index contributed by atoms with van der Waals surface area (Å²) in [6.45, 7) is 8.06. The van der Waals surface area contributed by atoms with Crippen LogP contribution in [0.25, 0.3) is 0 Å². The minimum absolute atomic E-state index is 0.0152. The van der Waals surface area contributed by atoms with Gasteiger partial charge in [-0.15, -0.1) is 0 Å². The second-order valence-electron chi connectivity index (χ2n) is 5.61. The molecule has 0 spiro atoms. The van der Waals surface area contributed by atoms with E-state index in [2.05, 4.69) is 20.9 Å². The average Bonchev–Trinajstić information content (AvgIpc) is 2.60.